The molecule has 0 aliphatic heterocycles. The fraction of sp³-hybridized carbons (Fsp3) is 0.294. The smallest absolute Gasteiger partial charge is 0.252 e. The number of benzene rings is 1. The van der Waals surface area contributed by atoms with Crippen LogP contribution in [0.5, 0.6) is 5.75 Å². The van der Waals surface area contributed by atoms with Gasteiger partial charge in [-0.05, 0) is 38.0 Å². The van der Waals surface area contributed by atoms with Crippen LogP contribution in [0.3, 0.4) is 0 Å². The SMILES string of the molecule is COc1ccccc1NC(=O)CCc1c(C)nc2ncnn2c1C. The van der Waals surface area contributed by atoms with Crippen molar-refractivity contribution >= 4 is 17.4 Å². The van der Waals surface area contributed by atoms with Gasteiger partial charge in [0.25, 0.3) is 5.78 Å². The second-order valence-corrected chi connectivity index (χ2v) is 5.48. The third-order valence-corrected chi connectivity index (χ3v) is 3.97. The monoisotopic (exact) mass is 325 g/mol. The number of hydrogen-bond donors (Lipinski definition) is 1. The minimum atomic E-state index is -0.0722. The molecule has 3 rings (SSSR count). The minimum absolute atomic E-state index is 0.0722. The van der Waals surface area contributed by atoms with E-state index < -0.39 is 0 Å². The molecule has 0 fully saturated rings. The number of nitrogens with zero attached hydrogens (tertiary/aromatic N) is 4. The number of amides is 1. The Morgan fingerprint density at radius 1 is 1.29 bits per heavy atom. The molecular weight excluding hydrogens is 306 g/mol. The molecule has 7 nitrogen and oxygen atoms in total. The Morgan fingerprint density at radius 3 is 2.88 bits per heavy atom. The fourth-order valence-electron chi connectivity index (χ4n) is 2.72. The van der Waals surface area contributed by atoms with Crippen LogP contribution in [0.15, 0.2) is 30.6 Å². The van der Waals surface area contributed by atoms with Crippen molar-refractivity contribution in [3.63, 3.8) is 0 Å². The van der Waals surface area contributed by atoms with E-state index in [2.05, 4.69) is 20.4 Å². The summed E-state index contributed by atoms with van der Waals surface area (Å²) < 4.78 is 6.94. The quantitative estimate of drug-likeness (QED) is 0.778. The van der Waals surface area contributed by atoms with Gasteiger partial charge in [0.15, 0.2) is 0 Å². The van der Waals surface area contributed by atoms with Crippen molar-refractivity contribution in [3.05, 3.63) is 47.5 Å². The molecule has 0 radical (unpaired) electrons. The molecule has 0 atom stereocenters. The Morgan fingerprint density at radius 2 is 2.08 bits per heavy atom. The zero-order valence-electron chi connectivity index (χ0n) is 13.9. The largest absolute Gasteiger partial charge is 0.495 e. The normalized spacial score (nSPS) is 10.8. The van der Waals surface area contributed by atoms with Crippen molar-refractivity contribution in [2.24, 2.45) is 0 Å². The number of para-hydroxylation sites is 2. The average Bonchev–Trinajstić information content (AvgIpc) is 3.03. The summed E-state index contributed by atoms with van der Waals surface area (Å²) in [6.07, 6.45) is 2.41. The molecule has 1 aromatic carbocycles. The molecular formula is C17H19N5O2. The molecule has 7 heteroatoms. The highest BCUT2D eigenvalue weighted by atomic mass is 16.5. The molecule has 124 valence electrons. The summed E-state index contributed by atoms with van der Waals surface area (Å²) in [5, 5.41) is 7.05. The first kappa shape index (κ1) is 15.9. The number of anilines is 1. The van der Waals surface area contributed by atoms with Crippen LogP contribution in [-0.2, 0) is 11.2 Å². The van der Waals surface area contributed by atoms with Gasteiger partial charge in [-0.1, -0.05) is 12.1 Å². The summed E-state index contributed by atoms with van der Waals surface area (Å²) in [4.78, 5) is 20.8. The lowest BCUT2D eigenvalue weighted by atomic mass is 10.1. The number of aromatic nitrogens is 4. The number of hydrogen-bond acceptors (Lipinski definition) is 5. The second kappa shape index (κ2) is 6.66. The highest BCUT2D eigenvalue weighted by molar-refractivity contribution is 5.92. The zero-order valence-corrected chi connectivity index (χ0v) is 13.9. The number of nitrogens with one attached hydrogen (secondary N) is 1. The van der Waals surface area contributed by atoms with Crippen LogP contribution in [0.4, 0.5) is 5.69 Å². The van der Waals surface area contributed by atoms with E-state index in [1.165, 1.54) is 6.33 Å². The average molecular weight is 325 g/mol. The van der Waals surface area contributed by atoms with Gasteiger partial charge in [0.1, 0.15) is 12.1 Å². The molecule has 0 saturated heterocycles. The van der Waals surface area contributed by atoms with Crippen LogP contribution in [0.1, 0.15) is 23.4 Å². The minimum Gasteiger partial charge on any atom is -0.495 e. The maximum absolute atomic E-state index is 12.3. The third kappa shape index (κ3) is 3.05. The Labute approximate surface area is 139 Å². The van der Waals surface area contributed by atoms with Crippen molar-refractivity contribution in [3.8, 4) is 5.75 Å². The van der Waals surface area contributed by atoms with Gasteiger partial charge in [0.2, 0.25) is 5.91 Å². The van der Waals surface area contributed by atoms with Gasteiger partial charge in [-0.3, -0.25) is 4.79 Å². The number of aryl methyl sites for hydroxylation is 2. The summed E-state index contributed by atoms with van der Waals surface area (Å²) in [6, 6.07) is 7.35. The molecule has 0 aliphatic carbocycles. The van der Waals surface area contributed by atoms with Crippen LogP contribution in [0.25, 0.3) is 5.78 Å². The third-order valence-electron chi connectivity index (χ3n) is 3.97. The number of ether oxygens (including phenoxy) is 1. The summed E-state index contributed by atoms with van der Waals surface area (Å²) in [5.41, 5.74) is 3.52. The zero-order chi connectivity index (χ0) is 17.1. The summed E-state index contributed by atoms with van der Waals surface area (Å²) in [7, 11) is 1.58. The van der Waals surface area contributed by atoms with E-state index in [9.17, 15) is 4.79 Å². The number of rotatable bonds is 5. The van der Waals surface area contributed by atoms with Crippen molar-refractivity contribution in [2.75, 3.05) is 12.4 Å². The summed E-state index contributed by atoms with van der Waals surface area (Å²) >= 11 is 0. The molecule has 1 N–H and O–H groups in total. The van der Waals surface area contributed by atoms with Crippen LogP contribution < -0.4 is 10.1 Å². The Balaban J connectivity index is 1.72. The second-order valence-electron chi connectivity index (χ2n) is 5.48. The molecule has 2 aromatic heterocycles. The maximum Gasteiger partial charge on any atom is 0.252 e. The van der Waals surface area contributed by atoms with Crippen LogP contribution >= 0.6 is 0 Å². The Bertz CT molecular complexity index is 888. The first-order valence-corrected chi connectivity index (χ1v) is 7.69. The van der Waals surface area contributed by atoms with Crippen molar-refractivity contribution in [1.29, 1.82) is 0 Å². The van der Waals surface area contributed by atoms with E-state index in [1.54, 1.807) is 11.6 Å². The van der Waals surface area contributed by atoms with Crippen LogP contribution in [0.2, 0.25) is 0 Å². The lowest BCUT2D eigenvalue weighted by molar-refractivity contribution is -0.116. The summed E-state index contributed by atoms with van der Waals surface area (Å²) in [6.45, 7) is 3.89. The van der Waals surface area contributed by atoms with E-state index in [0.717, 1.165) is 17.0 Å². The van der Waals surface area contributed by atoms with Gasteiger partial charge in [-0.15, -0.1) is 0 Å². The molecule has 1 amide bonds. The predicted molar refractivity (Wildman–Crippen MR) is 90.2 cm³/mol. The van der Waals surface area contributed by atoms with Gasteiger partial charge in [-0.2, -0.15) is 10.1 Å². The molecule has 0 aliphatic rings. The lowest BCUT2D eigenvalue weighted by Gasteiger charge is -2.12. The van der Waals surface area contributed by atoms with Crippen molar-refractivity contribution < 1.29 is 9.53 Å². The molecule has 24 heavy (non-hydrogen) atoms. The highest BCUT2D eigenvalue weighted by Crippen LogP contribution is 2.23. The van der Waals surface area contributed by atoms with Crippen molar-refractivity contribution in [2.45, 2.75) is 26.7 Å². The standard InChI is InChI=1S/C17H19N5O2/c1-11-13(12(2)22-17(20-11)18-10-19-22)8-9-16(23)21-14-6-4-5-7-15(14)24-3/h4-7,10H,8-9H2,1-3H3,(H,21,23). The molecule has 0 unspecified atom stereocenters. The van der Waals surface area contributed by atoms with Gasteiger partial charge < -0.3 is 10.1 Å². The van der Waals surface area contributed by atoms with E-state index in [0.29, 0.717) is 30.1 Å². The molecule has 0 spiro atoms. The number of carbonyl (C=O) groups is 1. The van der Waals surface area contributed by atoms with E-state index >= 15 is 0 Å². The van der Waals surface area contributed by atoms with E-state index in [4.69, 9.17) is 4.74 Å². The number of carbonyl (C=O) groups excluding carboxylic acids is 1. The number of methoxy groups -OCH3 is 1. The van der Waals surface area contributed by atoms with Gasteiger partial charge in [0.05, 0.1) is 12.8 Å². The van der Waals surface area contributed by atoms with Crippen LogP contribution in [0, 0.1) is 13.8 Å². The highest BCUT2D eigenvalue weighted by Gasteiger charge is 2.13. The lowest BCUT2D eigenvalue weighted by Crippen LogP contribution is -2.14. The first-order chi connectivity index (χ1) is 11.6. The first-order valence-electron chi connectivity index (χ1n) is 7.69. The van der Waals surface area contributed by atoms with Crippen LogP contribution in [-0.4, -0.2) is 32.6 Å². The summed E-state index contributed by atoms with van der Waals surface area (Å²) in [5.74, 6) is 1.15. The van der Waals surface area contributed by atoms with Gasteiger partial charge in [-0.25, -0.2) is 9.50 Å². The van der Waals surface area contributed by atoms with E-state index in [-0.39, 0.29) is 5.91 Å². The molecule has 0 saturated carbocycles. The fourth-order valence-corrected chi connectivity index (χ4v) is 2.72. The maximum atomic E-state index is 12.3. The predicted octanol–water partition coefficient (Wildman–Crippen LogP) is 2.32. The molecule has 2 heterocycles. The van der Waals surface area contributed by atoms with E-state index in [1.807, 2.05) is 38.1 Å². The Kier molecular flexibility index (Phi) is 4.41. The van der Waals surface area contributed by atoms with Gasteiger partial charge >= 0.3 is 0 Å². The van der Waals surface area contributed by atoms with Crippen molar-refractivity contribution in [1.82, 2.24) is 19.6 Å². The molecule has 3 aromatic rings. The Hall–Kier alpha value is -2.96. The number of fused-ring (bicyclic) bond motifs is 1. The topological polar surface area (TPSA) is 81.4 Å². The molecule has 0 bridgehead atoms. The van der Waals surface area contributed by atoms with Gasteiger partial charge in [0, 0.05) is 17.8 Å².